The lowest BCUT2D eigenvalue weighted by Gasteiger charge is -2.14. The molecule has 7 heteroatoms. The quantitative estimate of drug-likeness (QED) is 0.384. The van der Waals surface area contributed by atoms with Crippen LogP contribution in [0.3, 0.4) is 0 Å². The summed E-state index contributed by atoms with van der Waals surface area (Å²) >= 11 is 0. The Labute approximate surface area is 106 Å². The Kier molecular flexibility index (Phi) is 5.24. The third kappa shape index (κ3) is 4.08. The van der Waals surface area contributed by atoms with Crippen LogP contribution in [0.4, 0.5) is 0 Å². The molecule has 102 valence electrons. The first-order chi connectivity index (χ1) is 8.41. The summed E-state index contributed by atoms with van der Waals surface area (Å²) in [6.45, 7) is 4.87. The SMILES string of the molecule is CC(C)NCCNC(=O)CN1C(=O)CC(N)C1=O. The van der Waals surface area contributed by atoms with Crippen molar-refractivity contribution >= 4 is 17.7 Å². The molecule has 1 atom stereocenters. The summed E-state index contributed by atoms with van der Waals surface area (Å²) in [7, 11) is 0. The highest BCUT2D eigenvalue weighted by molar-refractivity contribution is 6.07. The number of carbonyl (C=O) groups is 3. The number of carbonyl (C=O) groups excluding carboxylic acids is 3. The van der Waals surface area contributed by atoms with E-state index >= 15 is 0 Å². The van der Waals surface area contributed by atoms with E-state index in [1.165, 1.54) is 0 Å². The summed E-state index contributed by atoms with van der Waals surface area (Å²) < 4.78 is 0. The van der Waals surface area contributed by atoms with E-state index in [4.69, 9.17) is 5.73 Å². The monoisotopic (exact) mass is 256 g/mol. The molecule has 0 aromatic rings. The Morgan fingerprint density at radius 3 is 2.61 bits per heavy atom. The molecule has 1 fully saturated rings. The summed E-state index contributed by atoms with van der Waals surface area (Å²) in [4.78, 5) is 35.3. The molecule has 7 nitrogen and oxygen atoms in total. The van der Waals surface area contributed by atoms with Crippen LogP contribution in [0.1, 0.15) is 20.3 Å². The molecule has 0 radical (unpaired) electrons. The minimum atomic E-state index is -0.798. The number of hydrogen-bond acceptors (Lipinski definition) is 5. The van der Waals surface area contributed by atoms with Gasteiger partial charge in [-0.2, -0.15) is 0 Å². The Morgan fingerprint density at radius 2 is 2.11 bits per heavy atom. The summed E-state index contributed by atoms with van der Waals surface area (Å²) in [5.41, 5.74) is 5.44. The second-order valence-corrected chi connectivity index (χ2v) is 4.59. The third-order valence-electron chi connectivity index (χ3n) is 2.58. The molecule has 1 rings (SSSR count). The van der Waals surface area contributed by atoms with Crippen LogP contribution in [0, 0.1) is 0 Å². The fourth-order valence-corrected chi connectivity index (χ4v) is 1.64. The number of hydrogen-bond donors (Lipinski definition) is 3. The molecule has 0 aliphatic carbocycles. The highest BCUT2D eigenvalue weighted by atomic mass is 16.2. The van der Waals surface area contributed by atoms with Gasteiger partial charge in [0.1, 0.15) is 6.54 Å². The maximum Gasteiger partial charge on any atom is 0.247 e. The maximum atomic E-state index is 11.5. The average Bonchev–Trinajstić information content (AvgIpc) is 2.51. The van der Waals surface area contributed by atoms with E-state index in [1.54, 1.807) is 0 Å². The van der Waals surface area contributed by atoms with Gasteiger partial charge in [0.25, 0.3) is 0 Å². The van der Waals surface area contributed by atoms with Gasteiger partial charge in [0.05, 0.1) is 12.5 Å². The number of likely N-dealkylation sites (tertiary alicyclic amines) is 1. The number of amides is 3. The largest absolute Gasteiger partial charge is 0.353 e. The van der Waals surface area contributed by atoms with Gasteiger partial charge in [-0.05, 0) is 0 Å². The number of nitrogens with one attached hydrogen (secondary N) is 2. The van der Waals surface area contributed by atoms with Crippen molar-refractivity contribution in [3.05, 3.63) is 0 Å². The van der Waals surface area contributed by atoms with E-state index in [-0.39, 0.29) is 24.8 Å². The lowest BCUT2D eigenvalue weighted by atomic mass is 10.3. The molecule has 0 aromatic carbocycles. The Bertz CT molecular complexity index is 343. The number of nitrogens with zero attached hydrogens (tertiary/aromatic N) is 1. The first-order valence-corrected chi connectivity index (χ1v) is 6.01. The summed E-state index contributed by atoms with van der Waals surface area (Å²) in [6.07, 6.45) is -0.0129. The van der Waals surface area contributed by atoms with Crippen molar-refractivity contribution in [3.63, 3.8) is 0 Å². The van der Waals surface area contributed by atoms with Crippen LogP contribution in [0.15, 0.2) is 0 Å². The summed E-state index contributed by atoms with van der Waals surface area (Å²) in [5.74, 6) is -1.21. The van der Waals surface area contributed by atoms with Gasteiger partial charge in [0.2, 0.25) is 17.7 Å². The molecule has 0 aromatic heterocycles. The molecular formula is C11H20N4O3. The minimum Gasteiger partial charge on any atom is -0.353 e. The van der Waals surface area contributed by atoms with E-state index in [9.17, 15) is 14.4 Å². The van der Waals surface area contributed by atoms with E-state index in [0.717, 1.165) is 4.90 Å². The average molecular weight is 256 g/mol. The first-order valence-electron chi connectivity index (χ1n) is 6.01. The van der Waals surface area contributed by atoms with Crippen LogP contribution in [0.25, 0.3) is 0 Å². The fourth-order valence-electron chi connectivity index (χ4n) is 1.64. The Balaban J connectivity index is 2.28. The van der Waals surface area contributed by atoms with Gasteiger partial charge in [0.15, 0.2) is 0 Å². The minimum absolute atomic E-state index is 0.0129. The van der Waals surface area contributed by atoms with E-state index in [2.05, 4.69) is 10.6 Å². The highest BCUT2D eigenvalue weighted by Gasteiger charge is 2.36. The van der Waals surface area contributed by atoms with Crippen LogP contribution >= 0.6 is 0 Å². The topological polar surface area (TPSA) is 105 Å². The fraction of sp³-hybridized carbons (Fsp3) is 0.727. The van der Waals surface area contributed by atoms with E-state index < -0.39 is 11.9 Å². The molecule has 1 unspecified atom stereocenters. The van der Waals surface area contributed by atoms with Gasteiger partial charge in [-0.3, -0.25) is 19.3 Å². The molecule has 3 amide bonds. The predicted octanol–water partition coefficient (Wildman–Crippen LogP) is -1.81. The van der Waals surface area contributed by atoms with Crippen LogP contribution in [-0.2, 0) is 14.4 Å². The van der Waals surface area contributed by atoms with Gasteiger partial charge in [-0.15, -0.1) is 0 Å². The van der Waals surface area contributed by atoms with E-state index in [1.807, 2.05) is 13.8 Å². The predicted molar refractivity (Wildman–Crippen MR) is 65.5 cm³/mol. The molecule has 0 bridgehead atoms. The zero-order valence-corrected chi connectivity index (χ0v) is 10.7. The lowest BCUT2D eigenvalue weighted by Crippen LogP contribution is -2.44. The molecule has 18 heavy (non-hydrogen) atoms. The van der Waals surface area contributed by atoms with Crippen LogP contribution < -0.4 is 16.4 Å². The summed E-state index contributed by atoms with van der Waals surface area (Å²) in [5, 5.41) is 5.77. The zero-order chi connectivity index (χ0) is 13.7. The standard InChI is InChI=1S/C11H20N4O3/c1-7(2)13-3-4-14-9(16)6-15-10(17)5-8(12)11(15)18/h7-8,13H,3-6,12H2,1-2H3,(H,14,16). The number of nitrogens with two attached hydrogens (primary N) is 1. The second-order valence-electron chi connectivity index (χ2n) is 4.59. The Morgan fingerprint density at radius 1 is 1.44 bits per heavy atom. The maximum absolute atomic E-state index is 11.5. The number of rotatable bonds is 6. The van der Waals surface area contributed by atoms with Gasteiger partial charge < -0.3 is 16.4 Å². The Hall–Kier alpha value is -1.47. The van der Waals surface area contributed by atoms with Gasteiger partial charge in [-0.1, -0.05) is 13.8 Å². The van der Waals surface area contributed by atoms with Crippen molar-refractivity contribution in [2.45, 2.75) is 32.4 Å². The summed E-state index contributed by atoms with van der Waals surface area (Å²) in [6, 6.07) is -0.449. The third-order valence-corrected chi connectivity index (χ3v) is 2.58. The van der Waals surface area contributed by atoms with Crippen LogP contribution in [-0.4, -0.2) is 54.3 Å². The van der Waals surface area contributed by atoms with E-state index in [0.29, 0.717) is 19.1 Å². The zero-order valence-electron chi connectivity index (χ0n) is 10.7. The van der Waals surface area contributed by atoms with Gasteiger partial charge in [-0.25, -0.2) is 0 Å². The molecule has 0 saturated carbocycles. The second kappa shape index (κ2) is 6.46. The molecule has 1 aliphatic heterocycles. The smallest absolute Gasteiger partial charge is 0.247 e. The molecule has 1 heterocycles. The van der Waals surface area contributed by atoms with Gasteiger partial charge in [0, 0.05) is 19.1 Å². The normalized spacial score (nSPS) is 19.8. The van der Waals surface area contributed by atoms with Crippen molar-refractivity contribution in [3.8, 4) is 0 Å². The highest BCUT2D eigenvalue weighted by Crippen LogP contribution is 2.09. The van der Waals surface area contributed by atoms with Crippen molar-refractivity contribution in [2.75, 3.05) is 19.6 Å². The lowest BCUT2D eigenvalue weighted by molar-refractivity contribution is -0.142. The van der Waals surface area contributed by atoms with Crippen molar-refractivity contribution in [1.29, 1.82) is 0 Å². The van der Waals surface area contributed by atoms with Crippen LogP contribution in [0.5, 0.6) is 0 Å². The first kappa shape index (κ1) is 14.6. The van der Waals surface area contributed by atoms with Crippen LogP contribution in [0.2, 0.25) is 0 Å². The molecule has 0 spiro atoms. The molecule has 4 N–H and O–H groups in total. The van der Waals surface area contributed by atoms with Crippen molar-refractivity contribution in [2.24, 2.45) is 5.73 Å². The molecule has 1 saturated heterocycles. The molecule has 1 aliphatic rings. The molecular weight excluding hydrogens is 236 g/mol. The van der Waals surface area contributed by atoms with Crippen molar-refractivity contribution < 1.29 is 14.4 Å². The van der Waals surface area contributed by atoms with Gasteiger partial charge >= 0.3 is 0 Å². The number of imide groups is 1. The van der Waals surface area contributed by atoms with Crippen molar-refractivity contribution in [1.82, 2.24) is 15.5 Å².